The smallest absolute Gasteiger partial charge is 0.251 e. The molecular weight excluding hydrogens is 376 g/mol. The van der Waals surface area contributed by atoms with E-state index in [-0.39, 0.29) is 5.91 Å². The lowest BCUT2D eigenvalue weighted by Crippen LogP contribution is -2.34. The van der Waals surface area contributed by atoms with Gasteiger partial charge in [-0.3, -0.25) is 4.79 Å². The van der Waals surface area contributed by atoms with Crippen LogP contribution in [0.4, 0.5) is 5.95 Å². The zero-order chi connectivity index (χ0) is 20.5. The highest BCUT2D eigenvalue weighted by molar-refractivity contribution is 5.97. The number of allylic oxidation sites excluding steroid dienone is 1. The lowest BCUT2D eigenvalue weighted by Gasteiger charge is -2.28. The zero-order valence-corrected chi connectivity index (χ0v) is 16.4. The number of fused-ring (bicyclic) bond motifs is 2. The highest BCUT2D eigenvalue weighted by atomic mass is 16.1. The third kappa shape index (κ3) is 3.20. The van der Waals surface area contributed by atoms with Crippen molar-refractivity contribution in [2.24, 2.45) is 0 Å². The second-order valence-electron chi connectivity index (χ2n) is 7.29. The first kappa shape index (κ1) is 18.1. The third-order valence-corrected chi connectivity index (χ3v) is 5.34. The fraction of sp³-hybridized carbons (Fsp3) is 0.130. The lowest BCUT2D eigenvalue weighted by atomic mass is 9.93. The predicted octanol–water partition coefficient (Wildman–Crippen LogP) is 3.43. The molecule has 4 aromatic rings. The Labute approximate surface area is 173 Å². The molecule has 1 aliphatic rings. The molecule has 7 nitrogen and oxygen atoms in total. The van der Waals surface area contributed by atoms with E-state index in [0.717, 1.165) is 27.6 Å². The minimum Gasteiger partial charge on any atom is -0.348 e. The van der Waals surface area contributed by atoms with E-state index in [0.29, 0.717) is 18.1 Å². The van der Waals surface area contributed by atoms with Crippen molar-refractivity contribution in [3.05, 3.63) is 95.2 Å². The molecule has 148 valence electrons. The molecular formula is C23H20N6O. The van der Waals surface area contributed by atoms with Gasteiger partial charge in [-0.25, -0.2) is 0 Å². The molecule has 1 atom stereocenters. The molecule has 0 fully saturated rings. The van der Waals surface area contributed by atoms with Gasteiger partial charge in [-0.1, -0.05) is 71.8 Å². The summed E-state index contributed by atoms with van der Waals surface area (Å²) >= 11 is 0. The number of tetrazole rings is 1. The van der Waals surface area contributed by atoms with Gasteiger partial charge in [0.25, 0.3) is 5.91 Å². The minimum absolute atomic E-state index is 0.150. The maximum absolute atomic E-state index is 13.3. The fourth-order valence-corrected chi connectivity index (χ4v) is 3.87. The molecule has 1 amide bonds. The van der Waals surface area contributed by atoms with Crippen LogP contribution >= 0.6 is 0 Å². The van der Waals surface area contributed by atoms with E-state index >= 15 is 0 Å². The van der Waals surface area contributed by atoms with E-state index in [9.17, 15) is 4.79 Å². The van der Waals surface area contributed by atoms with E-state index in [1.807, 2.05) is 55.5 Å². The predicted molar refractivity (Wildman–Crippen MR) is 115 cm³/mol. The molecule has 7 heteroatoms. The van der Waals surface area contributed by atoms with E-state index in [2.05, 4.69) is 50.4 Å². The first-order valence-electron chi connectivity index (χ1n) is 9.77. The molecule has 0 aliphatic carbocycles. The van der Waals surface area contributed by atoms with E-state index in [1.165, 1.54) is 0 Å². The summed E-state index contributed by atoms with van der Waals surface area (Å²) in [5, 5.41) is 20.5. The van der Waals surface area contributed by atoms with Crippen LogP contribution in [0.3, 0.4) is 0 Å². The van der Waals surface area contributed by atoms with Gasteiger partial charge < -0.3 is 10.6 Å². The van der Waals surface area contributed by atoms with Crippen LogP contribution in [0, 0.1) is 0 Å². The Balaban J connectivity index is 1.54. The number of rotatable bonds is 4. The first-order valence-corrected chi connectivity index (χ1v) is 9.77. The number of benzene rings is 3. The van der Waals surface area contributed by atoms with E-state index in [1.54, 1.807) is 4.68 Å². The van der Waals surface area contributed by atoms with Crippen LogP contribution in [0.2, 0.25) is 0 Å². The lowest BCUT2D eigenvalue weighted by molar-refractivity contribution is -0.118. The Kier molecular flexibility index (Phi) is 4.48. The summed E-state index contributed by atoms with van der Waals surface area (Å²) in [6.07, 6.45) is 0. The minimum atomic E-state index is -0.420. The zero-order valence-electron chi connectivity index (χ0n) is 16.4. The number of hydrogen-bond acceptors (Lipinski definition) is 5. The molecule has 1 aromatic heterocycles. The molecule has 0 radical (unpaired) electrons. The Morgan fingerprint density at radius 1 is 1.03 bits per heavy atom. The molecule has 0 bridgehead atoms. The molecule has 2 N–H and O–H groups in total. The number of nitrogens with zero attached hydrogens (tertiary/aromatic N) is 4. The second-order valence-corrected chi connectivity index (χ2v) is 7.29. The SMILES string of the molecule is CC1=C(C(=O)NCc2ccccc2)C(c2ccc3ccccc3c2)n2nnnc2N1. The van der Waals surface area contributed by atoms with Crippen molar-refractivity contribution >= 4 is 22.6 Å². The molecule has 30 heavy (non-hydrogen) atoms. The normalized spacial score (nSPS) is 15.6. The average Bonchev–Trinajstić information content (AvgIpc) is 3.25. The molecule has 5 rings (SSSR count). The number of amides is 1. The number of aromatic nitrogens is 4. The topological polar surface area (TPSA) is 84.7 Å². The van der Waals surface area contributed by atoms with Gasteiger partial charge in [0.05, 0.1) is 5.57 Å². The summed E-state index contributed by atoms with van der Waals surface area (Å²) in [7, 11) is 0. The molecule has 0 spiro atoms. The van der Waals surface area contributed by atoms with Gasteiger partial charge in [0, 0.05) is 12.2 Å². The van der Waals surface area contributed by atoms with Gasteiger partial charge in [-0.05, 0) is 45.3 Å². The average molecular weight is 396 g/mol. The summed E-state index contributed by atoms with van der Waals surface area (Å²) in [4.78, 5) is 13.3. The molecule has 2 heterocycles. The van der Waals surface area contributed by atoms with Crippen molar-refractivity contribution in [1.82, 2.24) is 25.5 Å². The molecule has 1 aliphatic heterocycles. The Morgan fingerprint density at radius 2 is 1.80 bits per heavy atom. The van der Waals surface area contributed by atoms with Crippen molar-refractivity contribution in [3.8, 4) is 0 Å². The van der Waals surface area contributed by atoms with Crippen molar-refractivity contribution < 1.29 is 4.79 Å². The highest BCUT2D eigenvalue weighted by Crippen LogP contribution is 2.35. The fourth-order valence-electron chi connectivity index (χ4n) is 3.87. The molecule has 3 aromatic carbocycles. The van der Waals surface area contributed by atoms with Gasteiger partial charge in [-0.2, -0.15) is 4.68 Å². The van der Waals surface area contributed by atoms with Crippen LogP contribution in [-0.2, 0) is 11.3 Å². The number of anilines is 1. The molecule has 1 unspecified atom stereocenters. The monoisotopic (exact) mass is 396 g/mol. The van der Waals surface area contributed by atoms with Crippen LogP contribution in [0.15, 0.2) is 84.1 Å². The second kappa shape index (κ2) is 7.44. The standard InChI is InChI=1S/C23H20N6O/c1-15-20(22(30)24-14-16-7-3-2-4-8-16)21(29-23(25-15)26-27-28-29)19-12-11-17-9-5-6-10-18(17)13-19/h2-13,21H,14H2,1H3,(H,24,30)(H,25,26,28). The maximum Gasteiger partial charge on any atom is 0.251 e. The van der Waals surface area contributed by atoms with Gasteiger partial charge in [-0.15, -0.1) is 0 Å². The Bertz CT molecular complexity index is 1260. The summed E-state index contributed by atoms with van der Waals surface area (Å²) in [5.41, 5.74) is 3.33. The van der Waals surface area contributed by atoms with Crippen LogP contribution < -0.4 is 10.6 Å². The number of hydrogen-bond donors (Lipinski definition) is 2. The van der Waals surface area contributed by atoms with Crippen LogP contribution in [0.25, 0.3) is 10.8 Å². The Morgan fingerprint density at radius 3 is 2.63 bits per heavy atom. The summed E-state index contributed by atoms with van der Waals surface area (Å²) in [5.74, 6) is 0.369. The van der Waals surface area contributed by atoms with Crippen LogP contribution in [0.5, 0.6) is 0 Å². The van der Waals surface area contributed by atoms with Crippen LogP contribution in [0.1, 0.15) is 24.1 Å². The number of nitrogens with one attached hydrogen (secondary N) is 2. The summed E-state index contributed by atoms with van der Waals surface area (Å²) in [6, 6.07) is 23.8. The highest BCUT2D eigenvalue weighted by Gasteiger charge is 2.33. The quantitative estimate of drug-likeness (QED) is 0.552. The summed E-state index contributed by atoms with van der Waals surface area (Å²) < 4.78 is 1.66. The van der Waals surface area contributed by atoms with Gasteiger partial charge in [0.15, 0.2) is 0 Å². The maximum atomic E-state index is 13.3. The van der Waals surface area contributed by atoms with Gasteiger partial charge in [0.1, 0.15) is 6.04 Å². The van der Waals surface area contributed by atoms with Crippen molar-refractivity contribution in [2.45, 2.75) is 19.5 Å². The largest absolute Gasteiger partial charge is 0.348 e. The van der Waals surface area contributed by atoms with Gasteiger partial charge >= 0.3 is 0 Å². The van der Waals surface area contributed by atoms with Crippen molar-refractivity contribution in [3.63, 3.8) is 0 Å². The van der Waals surface area contributed by atoms with Crippen molar-refractivity contribution in [1.29, 1.82) is 0 Å². The molecule has 0 saturated heterocycles. The third-order valence-electron chi connectivity index (χ3n) is 5.34. The van der Waals surface area contributed by atoms with Crippen LogP contribution in [-0.4, -0.2) is 26.1 Å². The number of carbonyl (C=O) groups excluding carboxylic acids is 1. The van der Waals surface area contributed by atoms with E-state index in [4.69, 9.17) is 0 Å². The number of carbonyl (C=O) groups is 1. The Hall–Kier alpha value is -4.00. The van der Waals surface area contributed by atoms with Gasteiger partial charge in [0.2, 0.25) is 5.95 Å². The van der Waals surface area contributed by atoms with E-state index < -0.39 is 6.04 Å². The molecule has 0 saturated carbocycles. The van der Waals surface area contributed by atoms with Crippen molar-refractivity contribution in [2.75, 3.05) is 5.32 Å². The first-order chi connectivity index (χ1) is 14.7. The summed E-state index contributed by atoms with van der Waals surface area (Å²) in [6.45, 7) is 2.33.